The molecule has 5 nitrogen and oxygen atoms in total. The molecule has 16 heavy (non-hydrogen) atoms. The van der Waals surface area contributed by atoms with Crippen LogP contribution in [-0.4, -0.2) is 23.3 Å². The molecule has 1 heterocycles. The van der Waals surface area contributed by atoms with E-state index >= 15 is 0 Å². The summed E-state index contributed by atoms with van der Waals surface area (Å²) in [6.45, 7) is 1.99. The maximum absolute atomic E-state index is 11.7. The first kappa shape index (κ1) is 10.7. The van der Waals surface area contributed by atoms with Crippen LogP contribution in [0.3, 0.4) is 0 Å². The summed E-state index contributed by atoms with van der Waals surface area (Å²) in [7, 11) is 0. The van der Waals surface area contributed by atoms with E-state index in [0.29, 0.717) is 12.0 Å². The third kappa shape index (κ3) is 1.58. The zero-order valence-electron chi connectivity index (χ0n) is 9.13. The summed E-state index contributed by atoms with van der Waals surface area (Å²) in [5.74, 6) is -0.316. The van der Waals surface area contributed by atoms with Crippen LogP contribution in [-0.2, 0) is 11.2 Å². The first-order chi connectivity index (χ1) is 7.65. The Morgan fingerprint density at radius 1 is 1.50 bits per heavy atom. The van der Waals surface area contributed by atoms with Gasteiger partial charge in [0.1, 0.15) is 11.4 Å². The fourth-order valence-electron chi connectivity index (χ4n) is 2.03. The van der Waals surface area contributed by atoms with E-state index in [0.717, 1.165) is 18.5 Å². The number of esters is 1. The minimum atomic E-state index is -0.521. The monoisotopic (exact) mass is 222 g/mol. The highest BCUT2D eigenvalue weighted by atomic mass is 16.5. The van der Waals surface area contributed by atoms with Crippen molar-refractivity contribution >= 4 is 17.6 Å². The second-order valence-corrected chi connectivity index (χ2v) is 3.76. The molecule has 0 bridgehead atoms. The number of hydrogen-bond acceptors (Lipinski definition) is 4. The topological polar surface area (TPSA) is 85.2 Å². The van der Waals surface area contributed by atoms with Crippen LogP contribution < -0.4 is 5.73 Å². The summed E-state index contributed by atoms with van der Waals surface area (Å²) in [6.07, 6.45) is 2.02. The lowest BCUT2D eigenvalue weighted by atomic mass is 9.93. The number of Topliss-reactive ketones (excluding diaryl/α,β-unsaturated/α-hetero) is 1. The molecule has 0 unspecified atom stereocenters. The first-order valence-corrected chi connectivity index (χ1v) is 5.35. The Morgan fingerprint density at radius 3 is 2.94 bits per heavy atom. The number of H-pyrrole nitrogens is 1. The number of nitrogens with two attached hydrogens (primary N) is 1. The number of anilines is 1. The number of carbonyl (C=O) groups excluding carboxylic acids is 2. The SMILES string of the molecule is CCOC(=O)c1c(N)[nH]c2c1C(=O)CCC2. The average molecular weight is 222 g/mol. The molecule has 1 aromatic heterocycles. The van der Waals surface area contributed by atoms with Crippen molar-refractivity contribution in [2.24, 2.45) is 0 Å². The highest BCUT2D eigenvalue weighted by Crippen LogP contribution is 2.28. The minimum Gasteiger partial charge on any atom is -0.462 e. The Balaban J connectivity index is 2.48. The van der Waals surface area contributed by atoms with Gasteiger partial charge in [0.2, 0.25) is 0 Å². The fourth-order valence-corrected chi connectivity index (χ4v) is 2.03. The highest BCUT2D eigenvalue weighted by molar-refractivity contribution is 6.10. The quantitative estimate of drug-likeness (QED) is 0.738. The molecule has 3 N–H and O–H groups in total. The van der Waals surface area contributed by atoms with E-state index in [1.54, 1.807) is 6.92 Å². The molecule has 2 rings (SSSR count). The third-order valence-electron chi connectivity index (χ3n) is 2.70. The standard InChI is InChI=1S/C11H14N2O3/c1-2-16-11(15)9-8-6(13-10(9)12)4-3-5-7(8)14/h13H,2-5,12H2,1H3. The highest BCUT2D eigenvalue weighted by Gasteiger charge is 2.29. The van der Waals surface area contributed by atoms with Crippen LogP contribution in [0.4, 0.5) is 5.82 Å². The van der Waals surface area contributed by atoms with Crippen LogP contribution in [0.5, 0.6) is 0 Å². The van der Waals surface area contributed by atoms with E-state index in [9.17, 15) is 9.59 Å². The van der Waals surface area contributed by atoms with Gasteiger partial charge in [-0.25, -0.2) is 4.79 Å². The number of ketones is 1. The molecule has 1 aliphatic carbocycles. The molecule has 86 valence electrons. The van der Waals surface area contributed by atoms with Gasteiger partial charge in [0.25, 0.3) is 0 Å². The summed E-state index contributed by atoms with van der Waals surface area (Å²) in [5, 5.41) is 0. The molecule has 0 saturated carbocycles. The van der Waals surface area contributed by atoms with Gasteiger partial charge in [0.05, 0.1) is 12.2 Å². The Bertz CT molecular complexity index is 448. The molecule has 0 fully saturated rings. The molecule has 0 amide bonds. The van der Waals surface area contributed by atoms with E-state index in [-0.39, 0.29) is 23.8 Å². The molecule has 0 aromatic carbocycles. The molecular formula is C11H14N2O3. The number of ether oxygens (including phenoxy) is 1. The molecule has 0 atom stereocenters. The molecule has 0 saturated heterocycles. The number of nitrogen functional groups attached to an aromatic ring is 1. The van der Waals surface area contributed by atoms with E-state index in [4.69, 9.17) is 10.5 Å². The van der Waals surface area contributed by atoms with Crippen LogP contribution in [0.1, 0.15) is 46.2 Å². The van der Waals surface area contributed by atoms with Gasteiger partial charge in [0, 0.05) is 12.1 Å². The van der Waals surface area contributed by atoms with Crippen LogP contribution in [0.15, 0.2) is 0 Å². The summed E-state index contributed by atoms with van der Waals surface area (Å²) in [6, 6.07) is 0. The van der Waals surface area contributed by atoms with Crippen molar-refractivity contribution in [3.8, 4) is 0 Å². The Kier molecular flexibility index (Phi) is 2.68. The van der Waals surface area contributed by atoms with Crippen molar-refractivity contribution in [3.63, 3.8) is 0 Å². The lowest BCUT2D eigenvalue weighted by molar-refractivity contribution is 0.0524. The molecular weight excluding hydrogens is 208 g/mol. The van der Waals surface area contributed by atoms with Gasteiger partial charge in [0.15, 0.2) is 5.78 Å². The van der Waals surface area contributed by atoms with Crippen LogP contribution in [0, 0.1) is 0 Å². The molecule has 1 aliphatic rings. The second-order valence-electron chi connectivity index (χ2n) is 3.76. The Labute approximate surface area is 93.0 Å². The summed E-state index contributed by atoms with van der Waals surface area (Å²) in [5.41, 5.74) is 7.11. The molecule has 0 spiro atoms. The van der Waals surface area contributed by atoms with Crippen LogP contribution >= 0.6 is 0 Å². The number of aryl methyl sites for hydroxylation is 1. The summed E-state index contributed by atoms with van der Waals surface area (Å²) in [4.78, 5) is 26.3. The van der Waals surface area contributed by atoms with Crippen molar-refractivity contribution in [2.75, 3.05) is 12.3 Å². The maximum atomic E-state index is 11.7. The van der Waals surface area contributed by atoms with Gasteiger partial charge in [-0.3, -0.25) is 4.79 Å². The summed E-state index contributed by atoms with van der Waals surface area (Å²) < 4.78 is 4.89. The van der Waals surface area contributed by atoms with Gasteiger partial charge in [-0.1, -0.05) is 0 Å². The van der Waals surface area contributed by atoms with Crippen LogP contribution in [0.2, 0.25) is 0 Å². The number of fused-ring (bicyclic) bond motifs is 1. The van der Waals surface area contributed by atoms with Gasteiger partial charge in [-0.05, 0) is 19.8 Å². The first-order valence-electron chi connectivity index (χ1n) is 5.35. The zero-order valence-corrected chi connectivity index (χ0v) is 9.13. The predicted molar refractivity (Wildman–Crippen MR) is 58.4 cm³/mol. The lowest BCUT2D eigenvalue weighted by Gasteiger charge is -2.10. The molecule has 0 aliphatic heterocycles. The average Bonchev–Trinajstić information content (AvgIpc) is 2.56. The molecule has 5 heteroatoms. The van der Waals surface area contributed by atoms with Crippen LogP contribution in [0.25, 0.3) is 0 Å². The summed E-state index contributed by atoms with van der Waals surface area (Å²) >= 11 is 0. The predicted octanol–water partition coefficient (Wildman–Crippen LogP) is 1.29. The number of aromatic amines is 1. The van der Waals surface area contributed by atoms with Gasteiger partial charge in [-0.15, -0.1) is 0 Å². The normalized spacial score (nSPS) is 14.7. The molecule has 1 aromatic rings. The number of hydrogen-bond donors (Lipinski definition) is 2. The van der Waals surface area contributed by atoms with Gasteiger partial charge in [-0.2, -0.15) is 0 Å². The van der Waals surface area contributed by atoms with Crippen molar-refractivity contribution in [1.82, 2.24) is 4.98 Å². The smallest absolute Gasteiger partial charge is 0.342 e. The third-order valence-corrected chi connectivity index (χ3v) is 2.70. The van der Waals surface area contributed by atoms with Crippen molar-refractivity contribution < 1.29 is 14.3 Å². The fraction of sp³-hybridized carbons (Fsp3) is 0.455. The largest absolute Gasteiger partial charge is 0.462 e. The number of carbonyl (C=O) groups is 2. The Morgan fingerprint density at radius 2 is 2.25 bits per heavy atom. The number of nitrogens with one attached hydrogen (secondary N) is 1. The molecule has 0 radical (unpaired) electrons. The van der Waals surface area contributed by atoms with E-state index in [1.807, 2.05) is 0 Å². The van der Waals surface area contributed by atoms with Gasteiger partial charge < -0.3 is 15.5 Å². The maximum Gasteiger partial charge on any atom is 0.342 e. The lowest BCUT2D eigenvalue weighted by Crippen LogP contribution is -2.15. The minimum absolute atomic E-state index is 0.0303. The number of aromatic nitrogens is 1. The number of rotatable bonds is 2. The zero-order chi connectivity index (χ0) is 11.7. The van der Waals surface area contributed by atoms with E-state index in [1.165, 1.54) is 0 Å². The van der Waals surface area contributed by atoms with Gasteiger partial charge >= 0.3 is 5.97 Å². The van der Waals surface area contributed by atoms with E-state index in [2.05, 4.69) is 4.98 Å². The van der Waals surface area contributed by atoms with Crippen molar-refractivity contribution in [1.29, 1.82) is 0 Å². The Hall–Kier alpha value is -1.78. The van der Waals surface area contributed by atoms with E-state index < -0.39 is 5.97 Å². The van der Waals surface area contributed by atoms with Crippen molar-refractivity contribution in [2.45, 2.75) is 26.2 Å². The van der Waals surface area contributed by atoms with Crippen molar-refractivity contribution in [3.05, 3.63) is 16.8 Å². The second kappa shape index (κ2) is 4.00.